The minimum Gasteiger partial charge on any atom is -0.355 e. The van der Waals surface area contributed by atoms with E-state index in [1.165, 1.54) is 0 Å². The van der Waals surface area contributed by atoms with Gasteiger partial charge in [0.05, 0.1) is 0 Å². The van der Waals surface area contributed by atoms with Crippen LogP contribution in [0.5, 0.6) is 0 Å². The van der Waals surface area contributed by atoms with Gasteiger partial charge in [-0.2, -0.15) is 13.2 Å². The number of halogens is 3. The molecule has 0 saturated heterocycles. The van der Waals surface area contributed by atoms with Crippen molar-refractivity contribution in [2.24, 2.45) is 10.9 Å². The molecule has 11 heteroatoms. The number of carbonyl (C=O) groups excluding carboxylic acids is 1. The van der Waals surface area contributed by atoms with Crippen molar-refractivity contribution in [3.63, 3.8) is 0 Å². The van der Waals surface area contributed by atoms with E-state index in [0.29, 0.717) is 19.0 Å². The molecule has 0 aliphatic heterocycles. The van der Waals surface area contributed by atoms with Crippen molar-refractivity contribution in [3.05, 3.63) is 18.0 Å². The lowest BCUT2D eigenvalue weighted by molar-refractivity contribution is -0.141. The summed E-state index contributed by atoms with van der Waals surface area (Å²) in [7, 11) is 1.64. The molecule has 1 aromatic rings. The Morgan fingerprint density at radius 3 is 2.73 bits per heavy atom. The van der Waals surface area contributed by atoms with Gasteiger partial charge in [0.25, 0.3) is 0 Å². The van der Waals surface area contributed by atoms with Crippen LogP contribution in [0.3, 0.4) is 0 Å². The van der Waals surface area contributed by atoms with E-state index in [4.69, 9.17) is 0 Å². The predicted octanol–water partition coefficient (Wildman–Crippen LogP) is 2.16. The van der Waals surface area contributed by atoms with Crippen LogP contribution in [0.25, 0.3) is 0 Å². The number of nitrogens with one attached hydrogen (secondary N) is 4. The highest BCUT2D eigenvalue weighted by Crippen LogP contribution is 2.27. The van der Waals surface area contributed by atoms with Gasteiger partial charge >= 0.3 is 6.18 Å². The van der Waals surface area contributed by atoms with Crippen LogP contribution in [0.15, 0.2) is 17.3 Å². The first-order valence-electron chi connectivity index (χ1n) is 10.1. The summed E-state index contributed by atoms with van der Waals surface area (Å²) in [6.07, 6.45) is 0.0789. The first-order chi connectivity index (χ1) is 14.2. The molecular formula is C19H30F3N7O. The Labute approximate surface area is 174 Å². The number of alkyl halides is 3. The number of nitrogens with zero attached hydrogens (tertiary/aromatic N) is 3. The molecular weight excluding hydrogens is 399 g/mol. The molecule has 0 aromatic carbocycles. The Bertz CT molecular complexity index is 724. The van der Waals surface area contributed by atoms with Gasteiger partial charge in [0.1, 0.15) is 5.69 Å². The molecule has 1 saturated carbocycles. The van der Waals surface area contributed by atoms with Gasteiger partial charge in [-0.1, -0.05) is 6.42 Å². The smallest absolute Gasteiger partial charge is 0.355 e. The Kier molecular flexibility index (Phi) is 8.67. The highest BCUT2D eigenvalue weighted by Gasteiger charge is 2.32. The van der Waals surface area contributed by atoms with Crippen LogP contribution in [0.2, 0.25) is 0 Å². The van der Waals surface area contributed by atoms with Crippen molar-refractivity contribution >= 4 is 17.8 Å². The predicted molar refractivity (Wildman–Crippen MR) is 109 cm³/mol. The fraction of sp³-hybridized carbons (Fsp3) is 0.684. The molecule has 1 heterocycles. The molecule has 2 atom stereocenters. The van der Waals surface area contributed by atoms with E-state index in [0.717, 1.165) is 37.9 Å². The quantitative estimate of drug-likeness (QED) is 0.301. The van der Waals surface area contributed by atoms with Gasteiger partial charge in [-0.3, -0.25) is 9.79 Å². The molecule has 1 aliphatic rings. The molecule has 1 amide bonds. The number of hydrogen-bond donors (Lipinski definition) is 4. The summed E-state index contributed by atoms with van der Waals surface area (Å²) in [6, 6.07) is 1.08. The number of guanidine groups is 1. The standard InChI is InChI=1S/C19H30F3N7O/c1-12(2)27-16(30)13-5-4-6-14(11-13)28-17(23-3)25-9-10-26-18-24-8-7-15(29-18)19(20,21)22/h7-8,12-14H,4-6,9-11H2,1-3H3,(H,27,30)(H2,23,25,28)(H,24,26,29). The summed E-state index contributed by atoms with van der Waals surface area (Å²) in [5.74, 6) is 0.568. The summed E-state index contributed by atoms with van der Waals surface area (Å²) in [4.78, 5) is 23.7. The second kappa shape index (κ2) is 11.0. The van der Waals surface area contributed by atoms with E-state index in [-0.39, 0.29) is 29.9 Å². The Hall–Kier alpha value is -2.59. The average molecular weight is 429 g/mol. The summed E-state index contributed by atoms with van der Waals surface area (Å²) < 4.78 is 38.1. The first kappa shape index (κ1) is 23.7. The molecule has 1 aliphatic carbocycles. The fourth-order valence-corrected chi connectivity index (χ4v) is 3.31. The van der Waals surface area contributed by atoms with Crippen LogP contribution in [-0.2, 0) is 11.0 Å². The van der Waals surface area contributed by atoms with Crippen molar-refractivity contribution in [2.45, 2.75) is 57.8 Å². The minimum atomic E-state index is -4.51. The molecule has 1 aromatic heterocycles. The van der Waals surface area contributed by atoms with Crippen molar-refractivity contribution in [3.8, 4) is 0 Å². The zero-order valence-corrected chi connectivity index (χ0v) is 17.5. The molecule has 0 spiro atoms. The van der Waals surface area contributed by atoms with Crippen molar-refractivity contribution in [1.82, 2.24) is 25.9 Å². The van der Waals surface area contributed by atoms with Gasteiger partial charge in [0, 0.05) is 44.3 Å². The van der Waals surface area contributed by atoms with Gasteiger partial charge in [-0.05, 0) is 39.2 Å². The molecule has 8 nitrogen and oxygen atoms in total. The number of amides is 1. The van der Waals surface area contributed by atoms with Crippen LogP contribution >= 0.6 is 0 Å². The van der Waals surface area contributed by atoms with E-state index in [9.17, 15) is 18.0 Å². The highest BCUT2D eigenvalue weighted by atomic mass is 19.4. The topological polar surface area (TPSA) is 103 Å². The third-order valence-electron chi connectivity index (χ3n) is 4.69. The van der Waals surface area contributed by atoms with Gasteiger partial charge in [0.2, 0.25) is 11.9 Å². The number of aliphatic imine (C=N–C) groups is 1. The maximum absolute atomic E-state index is 12.7. The van der Waals surface area contributed by atoms with Gasteiger partial charge in [-0.25, -0.2) is 9.97 Å². The van der Waals surface area contributed by atoms with Gasteiger partial charge in [0.15, 0.2) is 5.96 Å². The Morgan fingerprint density at radius 2 is 2.07 bits per heavy atom. The highest BCUT2D eigenvalue weighted by molar-refractivity contribution is 5.81. The summed E-state index contributed by atoms with van der Waals surface area (Å²) in [5.41, 5.74) is -0.987. The maximum atomic E-state index is 12.7. The molecule has 30 heavy (non-hydrogen) atoms. The molecule has 2 unspecified atom stereocenters. The van der Waals surface area contributed by atoms with Crippen molar-refractivity contribution in [2.75, 3.05) is 25.5 Å². The summed E-state index contributed by atoms with van der Waals surface area (Å²) in [5, 5.41) is 12.2. The monoisotopic (exact) mass is 429 g/mol. The molecule has 0 bridgehead atoms. The van der Waals surface area contributed by atoms with E-state index >= 15 is 0 Å². The zero-order valence-electron chi connectivity index (χ0n) is 17.5. The lowest BCUT2D eigenvalue weighted by Crippen LogP contribution is -2.48. The van der Waals surface area contributed by atoms with E-state index in [1.54, 1.807) is 7.05 Å². The second-order valence-corrected chi connectivity index (χ2v) is 7.56. The largest absolute Gasteiger partial charge is 0.433 e. The first-order valence-corrected chi connectivity index (χ1v) is 10.1. The number of rotatable bonds is 7. The van der Waals surface area contributed by atoms with E-state index < -0.39 is 11.9 Å². The van der Waals surface area contributed by atoms with Crippen LogP contribution in [-0.4, -0.2) is 54.1 Å². The van der Waals surface area contributed by atoms with E-state index in [2.05, 4.69) is 36.2 Å². The molecule has 2 rings (SSSR count). The normalized spacial score (nSPS) is 20.0. The third-order valence-corrected chi connectivity index (χ3v) is 4.69. The number of hydrogen-bond acceptors (Lipinski definition) is 5. The van der Waals surface area contributed by atoms with Crippen molar-refractivity contribution < 1.29 is 18.0 Å². The Balaban J connectivity index is 1.76. The zero-order chi connectivity index (χ0) is 22.1. The lowest BCUT2D eigenvalue weighted by atomic mass is 9.85. The molecule has 4 N–H and O–H groups in total. The van der Waals surface area contributed by atoms with E-state index in [1.807, 2.05) is 13.8 Å². The maximum Gasteiger partial charge on any atom is 0.433 e. The molecule has 0 radical (unpaired) electrons. The third kappa shape index (κ3) is 7.68. The molecule has 168 valence electrons. The number of carbonyl (C=O) groups is 1. The summed E-state index contributed by atoms with van der Waals surface area (Å²) in [6.45, 7) is 4.61. The summed E-state index contributed by atoms with van der Waals surface area (Å²) >= 11 is 0. The van der Waals surface area contributed by atoms with Crippen LogP contribution in [0.1, 0.15) is 45.2 Å². The van der Waals surface area contributed by atoms with Crippen LogP contribution < -0.4 is 21.3 Å². The second-order valence-electron chi connectivity index (χ2n) is 7.56. The van der Waals surface area contributed by atoms with Crippen LogP contribution in [0, 0.1) is 5.92 Å². The van der Waals surface area contributed by atoms with Gasteiger partial charge < -0.3 is 21.3 Å². The molecule has 1 fully saturated rings. The SMILES string of the molecule is CN=C(NCCNc1nccc(C(F)(F)F)n1)NC1CCCC(C(=O)NC(C)C)C1. The lowest BCUT2D eigenvalue weighted by Gasteiger charge is -2.30. The minimum absolute atomic E-state index is 0.0171. The van der Waals surface area contributed by atoms with Gasteiger partial charge in [-0.15, -0.1) is 0 Å². The average Bonchev–Trinajstić information content (AvgIpc) is 2.69. The van der Waals surface area contributed by atoms with Crippen molar-refractivity contribution in [1.29, 1.82) is 0 Å². The fourth-order valence-electron chi connectivity index (χ4n) is 3.31. The number of anilines is 1. The van der Waals surface area contributed by atoms with Crippen LogP contribution in [0.4, 0.5) is 19.1 Å². The number of aromatic nitrogens is 2. The Morgan fingerprint density at radius 1 is 1.30 bits per heavy atom.